The molecule has 0 radical (unpaired) electrons. The molecule has 0 saturated carbocycles. The minimum atomic E-state index is -0.476. The van der Waals surface area contributed by atoms with Crippen LogP contribution in [0.4, 0.5) is 5.69 Å². The Labute approximate surface area is 115 Å². The normalized spacial score (nSPS) is 11.2. The van der Waals surface area contributed by atoms with Gasteiger partial charge in [0.2, 0.25) is 0 Å². The van der Waals surface area contributed by atoms with Gasteiger partial charge in [0.25, 0.3) is 5.69 Å². The molecule has 0 aliphatic carbocycles. The van der Waals surface area contributed by atoms with Crippen molar-refractivity contribution in [1.29, 1.82) is 0 Å². The van der Waals surface area contributed by atoms with E-state index in [4.69, 9.17) is 0 Å². The molecule has 0 aliphatic heterocycles. The molecule has 1 heterocycles. The summed E-state index contributed by atoms with van der Waals surface area (Å²) in [6.45, 7) is 1.43. The summed E-state index contributed by atoms with van der Waals surface area (Å²) in [5.41, 5.74) is 1.54. The molecule has 0 amide bonds. The van der Waals surface area contributed by atoms with Gasteiger partial charge in [0.15, 0.2) is 5.78 Å². The van der Waals surface area contributed by atoms with Crippen molar-refractivity contribution in [2.45, 2.75) is 6.92 Å². The first kappa shape index (κ1) is 13.5. The lowest BCUT2D eigenvalue weighted by molar-refractivity contribution is -0.384. The number of benzene rings is 1. The average Bonchev–Trinajstić information content (AvgIpc) is 2.45. The molecule has 0 spiro atoms. The number of hydrogen-bond donors (Lipinski definition) is 0. The SMILES string of the molecule is CC(=O)C(=Cc1cccc([N+](=O)[O-])c1)c1cncnc1. The molecule has 0 unspecified atom stereocenters. The van der Waals surface area contributed by atoms with Gasteiger partial charge in [0, 0.05) is 35.7 Å². The number of nitrogens with zero attached hydrogens (tertiary/aromatic N) is 3. The van der Waals surface area contributed by atoms with Crippen molar-refractivity contribution in [2.75, 3.05) is 0 Å². The van der Waals surface area contributed by atoms with E-state index in [0.29, 0.717) is 16.7 Å². The zero-order chi connectivity index (χ0) is 14.5. The molecule has 0 fully saturated rings. The lowest BCUT2D eigenvalue weighted by atomic mass is 10.0. The van der Waals surface area contributed by atoms with Gasteiger partial charge in [-0.15, -0.1) is 0 Å². The summed E-state index contributed by atoms with van der Waals surface area (Å²) in [5.74, 6) is -0.161. The number of allylic oxidation sites excluding steroid dienone is 1. The van der Waals surface area contributed by atoms with Gasteiger partial charge >= 0.3 is 0 Å². The molecule has 2 rings (SSSR count). The van der Waals surface area contributed by atoms with Crippen LogP contribution in [0.15, 0.2) is 43.0 Å². The zero-order valence-electron chi connectivity index (χ0n) is 10.7. The maximum atomic E-state index is 11.7. The Hall–Kier alpha value is -2.89. The molecular weight excluding hydrogens is 258 g/mol. The molecule has 0 bridgehead atoms. The second kappa shape index (κ2) is 5.83. The molecule has 20 heavy (non-hydrogen) atoms. The third-order valence-electron chi connectivity index (χ3n) is 2.64. The van der Waals surface area contributed by atoms with Crippen LogP contribution in [0, 0.1) is 10.1 Å². The highest BCUT2D eigenvalue weighted by atomic mass is 16.6. The van der Waals surface area contributed by atoms with Gasteiger partial charge in [-0.1, -0.05) is 12.1 Å². The number of nitro groups is 1. The fraction of sp³-hybridized carbons (Fsp3) is 0.0714. The fourth-order valence-electron chi connectivity index (χ4n) is 1.72. The van der Waals surface area contributed by atoms with E-state index in [1.165, 1.54) is 37.8 Å². The van der Waals surface area contributed by atoms with Crippen molar-refractivity contribution >= 4 is 23.1 Å². The predicted molar refractivity (Wildman–Crippen MR) is 73.7 cm³/mol. The summed E-state index contributed by atoms with van der Waals surface area (Å²) in [7, 11) is 0. The van der Waals surface area contributed by atoms with Crippen molar-refractivity contribution in [3.8, 4) is 0 Å². The Kier molecular flexibility index (Phi) is 3.95. The van der Waals surface area contributed by atoms with Crippen molar-refractivity contribution in [2.24, 2.45) is 0 Å². The summed E-state index contributed by atoms with van der Waals surface area (Å²) in [4.78, 5) is 29.7. The molecule has 100 valence electrons. The first-order valence-corrected chi connectivity index (χ1v) is 5.80. The highest BCUT2D eigenvalue weighted by Gasteiger charge is 2.10. The van der Waals surface area contributed by atoms with Crippen molar-refractivity contribution < 1.29 is 9.72 Å². The quantitative estimate of drug-likeness (QED) is 0.483. The lowest BCUT2D eigenvalue weighted by Gasteiger charge is -2.03. The number of ketones is 1. The van der Waals surface area contributed by atoms with Gasteiger partial charge in [-0.05, 0) is 18.6 Å². The van der Waals surface area contributed by atoms with Crippen LogP contribution in [0.3, 0.4) is 0 Å². The Morgan fingerprint density at radius 2 is 2.00 bits per heavy atom. The minimum absolute atomic E-state index is 0.0223. The Bertz CT molecular complexity index is 681. The molecule has 0 N–H and O–H groups in total. The molecular formula is C14H11N3O3. The number of hydrogen-bond acceptors (Lipinski definition) is 5. The van der Waals surface area contributed by atoms with Crippen LogP contribution in [0.1, 0.15) is 18.1 Å². The summed E-state index contributed by atoms with van der Waals surface area (Å²) >= 11 is 0. The number of nitro benzene ring substituents is 1. The van der Waals surface area contributed by atoms with Gasteiger partial charge in [-0.25, -0.2) is 9.97 Å². The third-order valence-corrected chi connectivity index (χ3v) is 2.64. The number of carbonyl (C=O) groups is 1. The van der Waals surface area contributed by atoms with E-state index < -0.39 is 4.92 Å². The van der Waals surface area contributed by atoms with Crippen LogP contribution in [0.25, 0.3) is 11.6 Å². The van der Waals surface area contributed by atoms with E-state index in [1.54, 1.807) is 18.2 Å². The van der Waals surface area contributed by atoms with Gasteiger partial charge in [0.05, 0.1) is 4.92 Å². The summed E-state index contributed by atoms with van der Waals surface area (Å²) in [5, 5.41) is 10.7. The predicted octanol–water partition coefficient (Wildman–Crippen LogP) is 2.51. The molecule has 1 aromatic carbocycles. The summed E-state index contributed by atoms with van der Waals surface area (Å²) < 4.78 is 0. The zero-order valence-corrected chi connectivity index (χ0v) is 10.7. The van der Waals surface area contributed by atoms with Crippen molar-refractivity contribution in [3.63, 3.8) is 0 Å². The highest BCUT2D eigenvalue weighted by molar-refractivity contribution is 6.24. The van der Waals surface area contributed by atoms with E-state index in [2.05, 4.69) is 9.97 Å². The maximum Gasteiger partial charge on any atom is 0.270 e. The second-order valence-electron chi connectivity index (χ2n) is 4.09. The monoisotopic (exact) mass is 269 g/mol. The van der Waals surface area contributed by atoms with Crippen LogP contribution in [-0.4, -0.2) is 20.7 Å². The molecule has 1 aromatic heterocycles. The molecule has 6 nitrogen and oxygen atoms in total. The standard InChI is InChI=1S/C14H11N3O3/c1-10(18)14(12-7-15-9-16-8-12)6-11-3-2-4-13(5-11)17(19)20/h2-9H,1H3. The topological polar surface area (TPSA) is 86.0 Å². The van der Waals surface area contributed by atoms with Crippen molar-refractivity contribution in [1.82, 2.24) is 9.97 Å². The molecule has 0 saturated heterocycles. The van der Waals surface area contributed by atoms with E-state index in [-0.39, 0.29) is 11.5 Å². The van der Waals surface area contributed by atoms with E-state index in [9.17, 15) is 14.9 Å². The first-order valence-electron chi connectivity index (χ1n) is 5.80. The molecule has 0 atom stereocenters. The molecule has 0 aliphatic rings. The number of non-ortho nitro benzene ring substituents is 1. The van der Waals surface area contributed by atoms with Crippen LogP contribution in [0.2, 0.25) is 0 Å². The van der Waals surface area contributed by atoms with Gasteiger partial charge in [-0.3, -0.25) is 14.9 Å². The van der Waals surface area contributed by atoms with Crippen LogP contribution in [0.5, 0.6) is 0 Å². The fourth-order valence-corrected chi connectivity index (χ4v) is 1.72. The largest absolute Gasteiger partial charge is 0.294 e. The molecule has 6 heteroatoms. The number of aromatic nitrogens is 2. The van der Waals surface area contributed by atoms with Gasteiger partial charge in [-0.2, -0.15) is 0 Å². The summed E-state index contributed by atoms with van der Waals surface area (Å²) in [6.07, 6.45) is 6.01. The Balaban J connectivity index is 2.47. The van der Waals surface area contributed by atoms with E-state index in [1.807, 2.05) is 0 Å². The van der Waals surface area contributed by atoms with Gasteiger partial charge < -0.3 is 0 Å². The minimum Gasteiger partial charge on any atom is -0.294 e. The average molecular weight is 269 g/mol. The Morgan fingerprint density at radius 1 is 1.30 bits per heavy atom. The number of Topliss-reactive ketones (excluding diaryl/α,β-unsaturated/α-hetero) is 1. The lowest BCUT2D eigenvalue weighted by Crippen LogP contribution is -1.97. The maximum absolute atomic E-state index is 11.7. The third kappa shape index (κ3) is 3.11. The smallest absolute Gasteiger partial charge is 0.270 e. The first-order chi connectivity index (χ1) is 9.58. The van der Waals surface area contributed by atoms with Gasteiger partial charge in [0.1, 0.15) is 6.33 Å². The van der Waals surface area contributed by atoms with Crippen molar-refractivity contribution in [3.05, 3.63) is 64.2 Å². The van der Waals surface area contributed by atoms with Crippen LogP contribution in [-0.2, 0) is 4.79 Å². The number of carbonyl (C=O) groups excluding carboxylic acids is 1. The number of rotatable bonds is 4. The van der Waals surface area contributed by atoms with Crippen LogP contribution < -0.4 is 0 Å². The van der Waals surface area contributed by atoms with E-state index in [0.717, 1.165) is 0 Å². The van der Waals surface area contributed by atoms with E-state index >= 15 is 0 Å². The van der Waals surface area contributed by atoms with Crippen LogP contribution >= 0.6 is 0 Å². The second-order valence-corrected chi connectivity index (χ2v) is 4.09. The summed E-state index contributed by atoms with van der Waals surface area (Å²) in [6, 6.07) is 6.08. The molecule has 2 aromatic rings. The highest BCUT2D eigenvalue weighted by Crippen LogP contribution is 2.20. The Morgan fingerprint density at radius 3 is 2.60 bits per heavy atom.